The van der Waals surface area contributed by atoms with Gasteiger partial charge in [-0.05, 0) is 92.3 Å². The van der Waals surface area contributed by atoms with Crippen LogP contribution < -0.4 is 11.3 Å². The van der Waals surface area contributed by atoms with Crippen molar-refractivity contribution in [2.75, 3.05) is 6.54 Å². The molecule has 8 atom stereocenters. The van der Waals surface area contributed by atoms with Crippen molar-refractivity contribution in [3.05, 3.63) is 0 Å². The van der Waals surface area contributed by atoms with E-state index in [1.807, 2.05) is 0 Å². The Kier molecular flexibility index (Phi) is 4.53. The van der Waals surface area contributed by atoms with Crippen molar-refractivity contribution in [1.29, 1.82) is 0 Å². The summed E-state index contributed by atoms with van der Waals surface area (Å²) in [5.41, 5.74) is 2.18. The second-order valence-corrected chi connectivity index (χ2v) is 10.2. The molecule has 0 saturated heterocycles. The lowest BCUT2D eigenvalue weighted by molar-refractivity contribution is -0.656. The fraction of sp³-hybridized carbons (Fsp3) is 0.952. The summed E-state index contributed by atoms with van der Waals surface area (Å²) in [5.74, 6) is 9.22. The van der Waals surface area contributed by atoms with E-state index in [0.717, 1.165) is 37.0 Å². The minimum Gasteiger partial charge on any atom is -0.393 e. The summed E-state index contributed by atoms with van der Waals surface area (Å²) in [6.45, 7) is 5.39. The highest BCUT2D eigenvalue weighted by Crippen LogP contribution is 2.67. The number of carbonyl (C=O) groups is 1. The number of nitrogens with two attached hydrogens (primary N) is 2. The molecule has 0 spiro atoms. The lowest BCUT2D eigenvalue weighted by Crippen LogP contribution is -2.93. The highest BCUT2D eigenvalue weighted by molar-refractivity contribution is 5.83. The molecule has 0 heterocycles. The van der Waals surface area contributed by atoms with E-state index in [-0.39, 0.29) is 17.4 Å². The number of carbonyl (C=O) groups excluding carboxylic acids is 1. The Balaban J connectivity index is 1.57. The van der Waals surface area contributed by atoms with Crippen LogP contribution in [0.25, 0.3) is 0 Å². The van der Waals surface area contributed by atoms with Crippen molar-refractivity contribution in [3.8, 4) is 0 Å². The highest BCUT2D eigenvalue weighted by Gasteiger charge is 2.61. The number of hydrogen-bond acceptors (Lipinski definition) is 3. The van der Waals surface area contributed by atoms with Crippen LogP contribution in [-0.2, 0) is 4.79 Å². The lowest BCUT2D eigenvalue weighted by Gasteiger charge is -2.60. The van der Waals surface area contributed by atoms with Crippen molar-refractivity contribution >= 4 is 5.78 Å². The Morgan fingerprint density at radius 1 is 1.04 bits per heavy atom. The summed E-state index contributed by atoms with van der Waals surface area (Å²) >= 11 is 0. The molecule has 0 radical (unpaired) electrons. The van der Waals surface area contributed by atoms with Crippen LogP contribution in [0, 0.1) is 40.4 Å². The van der Waals surface area contributed by atoms with Crippen LogP contribution in [0.15, 0.2) is 0 Å². The predicted octanol–water partition coefficient (Wildman–Crippen LogP) is 2.01. The third-order valence-corrected chi connectivity index (χ3v) is 9.35. The zero-order chi connectivity index (χ0) is 17.8. The largest absolute Gasteiger partial charge is 0.393 e. The number of aliphatic hydroxyl groups excluding tert-OH is 1. The average Bonchev–Trinajstić information content (AvgIpc) is 2.93. The SMILES string of the molecule is C[C@]12CC[C@H](O)C[C@@H]1CC[C@@H]1[C@@H]2CC[C@]2(C)[C@@H](C(=O)C[NH2+]N)CC[C@@H]12. The molecule has 0 aromatic rings. The molecule has 0 aromatic carbocycles. The second kappa shape index (κ2) is 6.31. The molecule has 0 bridgehead atoms. The Morgan fingerprint density at radius 2 is 1.76 bits per heavy atom. The summed E-state index contributed by atoms with van der Waals surface area (Å²) in [7, 11) is 0. The van der Waals surface area contributed by atoms with E-state index < -0.39 is 0 Å². The summed E-state index contributed by atoms with van der Waals surface area (Å²) in [6.07, 6.45) is 10.6. The Morgan fingerprint density at radius 3 is 2.52 bits per heavy atom. The molecule has 0 aromatic heterocycles. The molecule has 4 saturated carbocycles. The van der Waals surface area contributed by atoms with E-state index in [0.29, 0.717) is 23.7 Å². The summed E-state index contributed by atoms with van der Waals surface area (Å²) in [6, 6.07) is 0. The quantitative estimate of drug-likeness (QED) is 0.539. The maximum absolute atomic E-state index is 12.7. The van der Waals surface area contributed by atoms with Crippen LogP contribution in [-0.4, -0.2) is 23.5 Å². The van der Waals surface area contributed by atoms with Crippen LogP contribution in [0.3, 0.4) is 0 Å². The van der Waals surface area contributed by atoms with Gasteiger partial charge in [0.1, 0.15) is 0 Å². The fourth-order valence-electron chi connectivity index (χ4n) is 8.02. The minimum atomic E-state index is -0.0653. The van der Waals surface area contributed by atoms with Crippen LogP contribution >= 0.6 is 0 Å². The van der Waals surface area contributed by atoms with Gasteiger partial charge in [0.2, 0.25) is 0 Å². The van der Waals surface area contributed by atoms with Gasteiger partial charge in [0.25, 0.3) is 0 Å². The molecule has 25 heavy (non-hydrogen) atoms. The minimum absolute atomic E-state index is 0.0653. The molecule has 4 heteroatoms. The smallest absolute Gasteiger partial charge is 0.192 e. The molecule has 0 amide bonds. The highest BCUT2D eigenvalue weighted by atomic mass is 16.3. The topological polar surface area (TPSA) is 79.9 Å². The second-order valence-electron chi connectivity index (χ2n) is 10.2. The van der Waals surface area contributed by atoms with Gasteiger partial charge in [-0.1, -0.05) is 13.8 Å². The molecule has 4 fully saturated rings. The van der Waals surface area contributed by atoms with E-state index in [1.54, 1.807) is 5.43 Å². The zero-order valence-electron chi connectivity index (χ0n) is 16.0. The van der Waals surface area contributed by atoms with Gasteiger partial charge in [0.15, 0.2) is 12.3 Å². The van der Waals surface area contributed by atoms with Gasteiger partial charge in [0.05, 0.1) is 6.10 Å². The van der Waals surface area contributed by atoms with E-state index in [2.05, 4.69) is 13.8 Å². The van der Waals surface area contributed by atoms with Crippen molar-refractivity contribution in [1.82, 2.24) is 0 Å². The first-order valence-corrected chi connectivity index (χ1v) is 10.6. The summed E-state index contributed by atoms with van der Waals surface area (Å²) in [5, 5.41) is 10.1. The molecule has 5 N–H and O–H groups in total. The number of Topliss-reactive ketones (excluding diaryl/α,β-unsaturated/α-hetero) is 1. The number of fused-ring (bicyclic) bond motifs is 5. The first-order chi connectivity index (χ1) is 11.9. The number of rotatable bonds is 3. The maximum Gasteiger partial charge on any atom is 0.192 e. The Hall–Kier alpha value is -0.450. The molecule has 142 valence electrons. The van der Waals surface area contributed by atoms with Crippen LogP contribution in [0.2, 0.25) is 0 Å². The van der Waals surface area contributed by atoms with E-state index in [9.17, 15) is 9.90 Å². The van der Waals surface area contributed by atoms with Gasteiger partial charge >= 0.3 is 0 Å². The van der Waals surface area contributed by atoms with Gasteiger partial charge in [-0.15, -0.1) is 0 Å². The Labute approximate surface area is 152 Å². The van der Waals surface area contributed by atoms with E-state index >= 15 is 0 Å². The first kappa shape index (κ1) is 17.9. The zero-order valence-corrected chi connectivity index (χ0v) is 16.0. The van der Waals surface area contributed by atoms with E-state index in [1.165, 1.54) is 38.5 Å². The molecule has 0 aliphatic heterocycles. The normalized spacial score (nSPS) is 52.2. The van der Waals surface area contributed by atoms with Gasteiger partial charge in [-0.2, -0.15) is 5.84 Å². The first-order valence-electron chi connectivity index (χ1n) is 10.6. The van der Waals surface area contributed by atoms with Crippen molar-refractivity contribution in [2.24, 2.45) is 46.3 Å². The standard InChI is InChI=1S/C21H36N2O2/c1-20-9-7-14(24)11-13(20)3-4-15-16-5-6-18(19(25)12-23-22)21(16,2)10-8-17(15)20/h13-18,23-24H,3-12,22H2,1-2H3/p+1/t13-,14-,15-,16-,17-,18+,20-,21-/m0/s1. The third kappa shape index (κ3) is 2.62. The molecule has 4 rings (SSSR count). The van der Waals surface area contributed by atoms with Gasteiger partial charge in [0, 0.05) is 5.92 Å². The van der Waals surface area contributed by atoms with Crippen LogP contribution in [0.1, 0.15) is 71.6 Å². The number of hydrogen-bond donors (Lipinski definition) is 3. The average molecular weight is 350 g/mol. The number of ketones is 1. The molecular formula is C21H37N2O2+. The van der Waals surface area contributed by atoms with E-state index in [4.69, 9.17) is 5.84 Å². The number of quaternary nitrogens is 1. The molecule has 0 unspecified atom stereocenters. The fourth-order valence-corrected chi connectivity index (χ4v) is 8.02. The molecule has 4 nitrogen and oxygen atoms in total. The third-order valence-electron chi connectivity index (χ3n) is 9.35. The molecular weight excluding hydrogens is 312 g/mol. The monoisotopic (exact) mass is 349 g/mol. The maximum atomic E-state index is 12.7. The van der Waals surface area contributed by atoms with Crippen molar-refractivity contribution < 1.29 is 15.3 Å². The van der Waals surface area contributed by atoms with Gasteiger partial charge in [-0.25, -0.2) is 0 Å². The predicted molar refractivity (Wildman–Crippen MR) is 97.2 cm³/mol. The lowest BCUT2D eigenvalue weighted by atomic mass is 9.44. The van der Waals surface area contributed by atoms with Crippen molar-refractivity contribution in [2.45, 2.75) is 77.7 Å². The Bertz CT molecular complexity index is 538. The summed E-state index contributed by atoms with van der Waals surface area (Å²) < 4.78 is 0. The van der Waals surface area contributed by atoms with Gasteiger partial charge in [-0.3, -0.25) is 10.2 Å². The van der Waals surface area contributed by atoms with Gasteiger partial charge < -0.3 is 5.11 Å². The van der Waals surface area contributed by atoms with Crippen LogP contribution in [0.4, 0.5) is 0 Å². The van der Waals surface area contributed by atoms with Crippen molar-refractivity contribution in [3.63, 3.8) is 0 Å². The number of aliphatic hydroxyl groups is 1. The molecule has 4 aliphatic carbocycles. The summed E-state index contributed by atoms with van der Waals surface area (Å²) in [4.78, 5) is 12.7. The molecule has 4 aliphatic rings. The van der Waals surface area contributed by atoms with Crippen LogP contribution in [0.5, 0.6) is 0 Å².